The molecule has 0 aliphatic heterocycles. The topological polar surface area (TPSA) is 56.0 Å². The van der Waals surface area contributed by atoms with E-state index < -0.39 is 4.92 Å². The average Bonchev–Trinajstić information content (AvgIpc) is 2.28. The van der Waals surface area contributed by atoms with Crippen molar-refractivity contribution in [1.82, 2.24) is 4.98 Å². The first kappa shape index (κ1) is 10.3. The van der Waals surface area contributed by atoms with E-state index in [-0.39, 0.29) is 5.70 Å². The Hall–Kier alpha value is -2.23. The van der Waals surface area contributed by atoms with Crippen molar-refractivity contribution in [2.45, 2.75) is 6.92 Å². The SMILES string of the molecule is C/C(=C\c1cnc2ccccc2c1)[N+](=O)[O-]. The summed E-state index contributed by atoms with van der Waals surface area (Å²) in [6.07, 6.45) is 3.15. The van der Waals surface area contributed by atoms with Crippen LogP contribution in [0.1, 0.15) is 12.5 Å². The predicted octanol–water partition coefficient (Wildman–Crippen LogP) is 2.87. The summed E-state index contributed by atoms with van der Waals surface area (Å²) in [6, 6.07) is 9.55. The van der Waals surface area contributed by atoms with Crippen LogP contribution in [0, 0.1) is 10.1 Å². The molecule has 0 aliphatic rings. The van der Waals surface area contributed by atoms with Crippen molar-refractivity contribution in [2.24, 2.45) is 0 Å². The lowest BCUT2D eigenvalue weighted by Crippen LogP contribution is -1.93. The van der Waals surface area contributed by atoms with Gasteiger partial charge in [-0.05, 0) is 17.7 Å². The number of benzene rings is 1. The normalized spacial score (nSPS) is 11.7. The molecule has 0 N–H and O–H groups in total. The molecule has 0 radical (unpaired) electrons. The predicted molar refractivity (Wildman–Crippen MR) is 62.4 cm³/mol. The van der Waals surface area contributed by atoms with E-state index in [1.165, 1.54) is 13.0 Å². The van der Waals surface area contributed by atoms with Crippen LogP contribution in [0.4, 0.5) is 0 Å². The molecule has 1 heterocycles. The smallest absolute Gasteiger partial charge is 0.243 e. The third-order valence-electron chi connectivity index (χ3n) is 2.28. The molecule has 2 rings (SSSR count). The molecule has 0 bridgehead atoms. The van der Waals surface area contributed by atoms with Crippen LogP contribution >= 0.6 is 0 Å². The van der Waals surface area contributed by atoms with Gasteiger partial charge in [0.25, 0.3) is 0 Å². The highest BCUT2D eigenvalue weighted by Gasteiger charge is 2.02. The third-order valence-corrected chi connectivity index (χ3v) is 2.28. The first-order valence-electron chi connectivity index (χ1n) is 4.84. The summed E-state index contributed by atoms with van der Waals surface area (Å²) in [5.74, 6) is 0. The molecule has 0 saturated carbocycles. The lowest BCUT2D eigenvalue weighted by molar-refractivity contribution is -0.422. The largest absolute Gasteiger partial charge is 0.259 e. The number of rotatable bonds is 2. The minimum atomic E-state index is -0.408. The van der Waals surface area contributed by atoms with E-state index in [2.05, 4.69) is 4.98 Å². The highest BCUT2D eigenvalue weighted by Crippen LogP contribution is 2.14. The van der Waals surface area contributed by atoms with Crippen LogP contribution in [-0.2, 0) is 0 Å². The summed E-state index contributed by atoms with van der Waals surface area (Å²) in [7, 11) is 0. The molecular weight excluding hydrogens is 204 g/mol. The number of allylic oxidation sites excluding steroid dienone is 1. The summed E-state index contributed by atoms with van der Waals surface area (Å²) in [5.41, 5.74) is 1.74. The number of para-hydroxylation sites is 1. The molecule has 4 heteroatoms. The number of aromatic nitrogens is 1. The summed E-state index contributed by atoms with van der Waals surface area (Å²) >= 11 is 0. The summed E-state index contributed by atoms with van der Waals surface area (Å²) in [5, 5.41) is 11.5. The van der Waals surface area contributed by atoms with Crippen molar-refractivity contribution in [1.29, 1.82) is 0 Å². The standard InChI is InChI=1S/C12H10N2O2/c1-9(14(15)16)6-10-7-11-4-2-3-5-12(11)13-8-10/h2-8H,1H3/b9-6+. The van der Waals surface area contributed by atoms with E-state index in [4.69, 9.17) is 0 Å². The molecule has 0 fully saturated rings. The molecule has 1 aromatic heterocycles. The maximum atomic E-state index is 10.5. The Kier molecular flexibility index (Phi) is 2.64. The van der Waals surface area contributed by atoms with Crippen molar-refractivity contribution in [2.75, 3.05) is 0 Å². The fraction of sp³-hybridized carbons (Fsp3) is 0.0833. The van der Waals surface area contributed by atoms with Gasteiger partial charge in [0.1, 0.15) is 0 Å². The number of nitro groups is 1. The number of fused-ring (bicyclic) bond motifs is 1. The maximum Gasteiger partial charge on any atom is 0.243 e. The highest BCUT2D eigenvalue weighted by atomic mass is 16.6. The first-order chi connectivity index (χ1) is 7.66. The van der Waals surface area contributed by atoms with Crippen molar-refractivity contribution in [3.05, 3.63) is 57.9 Å². The average molecular weight is 214 g/mol. The molecule has 0 unspecified atom stereocenters. The Morgan fingerprint density at radius 2 is 2.19 bits per heavy atom. The number of hydrogen-bond donors (Lipinski definition) is 0. The van der Waals surface area contributed by atoms with E-state index in [1.807, 2.05) is 30.3 Å². The summed E-state index contributed by atoms with van der Waals surface area (Å²) in [4.78, 5) is 14.3. The fourth-order valence-corrected chi connectivity index (χ4v) is 1.46. The molecule has 0 spiro atoms. The van der Waals surface area contributed by atoms with Crippen molar-refractivity contribution >= 4 is 17.0 Å². The van der Waals surface area contributed by atoms with Gasteiger partial charge in [0.15, 0.2) is 0 Å². The minimum absolute atomic E-state index is 0.108. The van der Waals surface area contributed by atoms with E-state index in [1.54, 1.807) is 6.20 Å². The molecule has 1 aromatic carbocycles. The van der Waals surface area contributed by atoms with Crippen LogP contribution in [-0.4, -0.2) is 9.91 Å². The quantitative estimate of drug-likeness (QED) is 0.570. The number of pyridine rings is 1. The Morgan fingerprint density at radius 1 is 1.44 bits per heavy atom. The van der Waals surface area contributed by atoms with Gasteiger partial charge in [-0.1, -0.05) is 18.2 Å². The van der Waals surface area contributed by atoms with Crippen LogP contribution in [0.3, 0.4) is 0 Å². The minimum Gasteiger partial charge on any atom is -0.259 e. The second-order valence-electron chi connectivity index (χ2n) is 3.50. The first-order valence-corrected chi connectivity index (χ1v) is 4.84. The molecule has 16 heavy (non-hydrogen) atoms. The van der Waals surface area contributed by atoms with Gasteiger partial charge in [-0.15, -0.1) is 0 Å². The van der Waals surface area contributed by atoms with E-state index >= 15 is 0 Å². The number of nitrogens with zero attached hydrogens (tertiary/aromatic N) is 2. The third kappa shape index (κ3) is 2.06. The zero-order chi connectivity index (χ0) is 11.5. The Balaban J connectivity index is 2.47. The van der Waals surface area contributed by atoms with Crippen molar-refractivity contribution in [3.8, 4) is 0 Å². The molecular formula is C12H10N2O2. The van der Waals surface area contributed by atoms with Gasteiger partial charge in [0, 0.05) is 24.6 Å². The lowest BCUT2D eigenvalue weighted by Gasteiger charge is -1.98. The Bertz CT molecular complexity index is 576. The van der Waals surface area contributed by atoms with Gasteiger partial charge in [0.2, 0.25) is 5.70 Å². The number of hydrogen-bond acceptors (Lipinski definition) is 3. The Labute approximate surface area is 92.4 Å². The van der Waals surface area contributed by atoms with Crippen LogP contribution in [0.5, 0.6) is 0 Å². The summed E-state index contributed by atoms with van der Waals surface area (Å²) < 4.78 is 0. The molecule has 0 aliphatic carbocycles. The van der Waals surface area contributed by atoms with Gasteiger partial charge >= 0.3 is 0 Å². The highest BCUT2D eigenvalue weighted by molar-refractivity contribution is 5.80. The van der Waals surface area contributed by atoms with Crippen molar-refractivity contribution in [3.63, 3.8) is 0 Å². The van der Waals surface area contributed by atoms with Crippen LogP contribution in [0.2, 0.25) is 0 Å². The second-order valence-corrected chi connectivity index (χ2v) is 3.50. The molecule has 2 aromatic rings. The zero-order valence-corrected chi connectivity index (χ0v) is 8.75. The van der Waals surface area contributed by atoms with Crippen LogP contribution in [0.25, 0.3) is 17.0 Å². The zero-order valence-electron chi connectivity index (χ0n) is 8.75. The lowest BCUT2D eigenvalue weighted by atomic mass is 10.1. The molecule has 0 amide bonds. The van der Waals surface area contributed by atoms with Gasteiger partial charge in [0.05, 0.1) is 10.4 Å². The van der Waals surface area contributed by atoms with Crippen molar-refractivity contribution < 1.29 is 4.92 Å². The van der Waals surface area contributed by atoms with Gasteiger partial charge < -0.3 is 0 Å². The maximum absolute atomic E-state index is 10.5. The van der Waals surface area contributed by atoms with E-state index in [9.17, 15) is 10.1 Å². The Morgan fingerprint density at radius 3 is 2.94 bits per heavy atom. The monoisotopic (exact) mass is 214 g/mol. The van der Waals surface area contributed by atoms with Gasteiger partial charge in [-0.25, -0.2) is 0 Å². The molecule has 0 atom stereocenters. The van der Waals surface area contributed by atoms with Crippen LogP contribution in [0.15, 0.2) is 42.2 Å². The van der Waals surface area contributed by atoms with Gasteiger partial charge in [-0.3, -0.25) is 15.1 Å². The fourth-order valence-electron chi connectivity index (χ4n) is 1.46. The van der Waals surface area contributed by atoms with E-state index in [0.29, 0.717) is 0 Å². The van der Waals surface area contributed by atoms with Crippen LogP contribution < -0.4 is 0 Å². The molecule has 0 saturated heterocycles. The summed E-state index contributed by atoms with van der Waals surface area (Å²) in [6.45, 7) is 1.47. The second kappa shape index (κ2) is 4.10. The van der Waals surface area contributed by atoms with Gasteiger partial charge in [-0.2, -0.15) is 0 Å². The molecule has 80 valence electrons. The molecule has 4 nitrogen and oxygen atoms in total. The van der Waals surface area contributed by atoms with E-state index in [0.717, 1.165) is 16.5 Å².